The van der Waals surface area contributed by atoms with Crippen LogP contribution in [0.4, 0.5) is 8.78 Å². The van der Waals surface area contributed by atoms with Crippen LogP contribution in [0.2, 0.25) is 0 Å². The van der Waals surface area contributed by atoms with Crippen LogP contribution in [0.25, 0.3) is 21.9 Å². The Bertz CT molecular complexity index is 1200. The molecule has 0 atom stereocenters. The van der Waals surface area contributed by atoms with E-state index in [1.54, 1.807) is 0 Å². The highest BCUT2D eigenvalue weighted by atomic mass is 19.2. The van der Waals surface area contributed by atoms with Crippen molar-refractivity contribution < 1.29 is 13.6 Å². The van der Waals surface area contributed by atoms with Crippen molar-refractivity contribution >= 4 is 27.7 Å². The van der Waals surface area contributed by atoms with Gasteiger partial charge in [0.1, 0.15) is 11.6 Å². The van der Waals surface area contributed by atoms with E-state index in [0.717, 1.165) is 50.1 Å². The number of rotatable bonds is 6. The van der Waals surface area contributed by atoms with E-state index in [0.29, 0.717) is 29.7 Å². The number of carbonyl (C=O) groups excluding carboxylic acids is 1. The number of hydrogen-bond acceptors (Lipinski definition) is 3. The molecule has 2 aromatic carbocycles. The van der Waals surface area contributed by atoms with Crippen LogP contribution in [0.15, 0.2) is 42.6 Å². The first-order valence-corrected chi connectivity index (χ1v) is 10.7. The van der Waals surface area contributed by atoms with E-state index in [1.807, 2.05) is 6.20 Å². The zero-order valence-corrected chi connectivity index (χ0v) is 17.1. The largest absolute Gasteiger partial charge is 0.361 e. The van der Waals surface area contributed by atoms with E-state index < -0.39 is 11.6 Å². The van der Waals surface area contributed by atoms with Gasteiger partial charge in [0.05, 0.1) is 11.0 Å². The molecular weight excluding hydrogens is 398 g/mol. The first-order valence-electron chi connectivity index (χ1n) is 10.7. The molecule has 1 aliphatic heterocycles. The van der Waals surface area contributed by atoms with E-state index in [1.165, 1.54) is 10.9 Å². The summed E-state index contributed by atoms with van der Waals surface area (Å²) in [5, 5.41) is 1.22. The molecule has 1 aliphatic rings. The highest BCUT2D eigenvalue weighted by Crippen LogP contribution is 2.23. The second-order valence-corrected chi connectivity index (χ2v) is 8.38. The van der Waals surface area contributed by atoms with Gasteiger partial charge in [-0.15, -0.1) is 0 Å². The molecule has 5 nitrogen and oxygen atoms in total. The van der Waals surface area contributed by atoms with Gasteiger partial charge in [-0.05, 0) is 55.1 Å². The predicted molar refractivity (Wildman–Crippen MR) is 116 cm³/mol. The maximum atomic E-state index is 13.4. The van der Waals surface area contributed by atoms with Crippen molar-refractivity contribution in [1.82, 2.24) is 19.9 Å². The number of imidazole rings is 1. The number of aryl methyl sites for hydroxylation is 1. The Morgan fingerprint density at radius 1 is 1.06 bits per heavy atom. The fourth-order valence-electron chi connectivity index (χ4n) is 4.49. The zero-order valence-electron chi connectivity index (χ0n) is 17.1. The highest BCUT2D eigenvalue weighted by molar-refractivity contribution is 5.82. The van der Waals surface area contributed by atoms with Gasteiger partial charge in [-0.1, -0.05) is 6.07 Å². The van der Waals surface area contributed by atoms with E-state index in [-0.39, 0.29) is 11.7 Å². The van der Waals surface area contributed by atoms with E-state index in [4.69, 9.17) is 0 Å². The number of H-pyrrole nitrogens is 2. The number of halogens is 2. The first kappa shape index (κ1) is 19.9. The number of benzene rings is 2. The van der Waals surface area contributed by atoms with Crippen molar-refractivity contribution in [2.75, 3.05) is 13.1 Å². The van der Waals surface area contributed by atoms with Gasteiger partial charge in [0, 0.05) is 49.2 Å². The number of fused-ring (bicyclic) bond motifs is 2. The summed E-state index contributed by atoms with van der Waals surface area (Å²) in [4.78, 5) is 25.6. The number of piperidine rings is 1. The lowest BCUT2D eigenvalue weighted by Crippen LogP contribution is -2.36. The van der Waals surface area contributed by atoms with E-state index in [2.05, 4.69) is 44.1 Å². The van der Waals surface area contributed by atoms with Crippen LogP contribution in [0.1, 0.15) is 30.7 Å². The molecule has 0 radical (unpaired) electrons. The summed E-state index contributed by atoms with van der Waals surface area (Å²) in [5.41, 5.74) is 3.27. The monoisotopic (exact) mass is 422 g/mol. The van der Waals surface area contributed by atoms with Gasteiger partial charge in [0.25, 0.3) is 0 Å². The molecule has 160 valence electrons. The summed E-state index contributed by atoms with van der Waals surface area (Å²) in [6.07, 6.45) is 4.52. The summed E-state index contributed by atoms with van der Waals surface area (Å²) in [6, 6.07) is 10.7. The topological polar surface area (TPSA) is 64.8 Å². The smallest absolute Gasteiger partial charge is 0.161 e. The number of nitrogens with one attached hydrogen (secondary N) is 2. The Balaban J connectivity index is 1.13. The highest BCUT2D eigenvalue weighted by Gasteiger charge is 2.25. The number of likely N-dealkylation sites (tertiary alicyclic amines) is 1. The Hall–Kier alpha value is -3.06. The number of Topliss-reactive ketones (excluding diaryl/α,β-unsaturated/α-hetero) is 1. The Morgan fingerprint density at radius 2 is 1.87 bits per heavy atom. The van der Waals surface area contributed by atoms with Gasteiger partial charge in [-0.3, -0.25) is 9.69 Å². The lowest BCUT2D eigenvalue weighted by atomic mass is 9.90. The van der Waals surface area contributed by atoms with Crippen LogP contribution in [0.5, 0.6) is 0 Å². The third-order valence-electron chi connectivity index (χ3n) is 6.25. The molecule has 0 saturated carbocycles. The Kier molecular flexibility index (Phi) is 5.28. The third kappa shape index (κ3) is 4.23. The normalized spacial score (nSPS) is 15.8. The van der Waals surface area contributed by atoms with Gasteiger partial charge in [0.2, 0.25) is 0 Å². The van der Waals surface area contributed by atoms with Crippen LogP contribution < -0.4 is 0 Å². The fourth-order valence-corrected chi connectivity index (χ4v) is 4.49. The number of aromatic nitrogens is 3. The number of carbonyl (C=O) groups is 1. The minimum Gasteiger partial charge on any atom is -0.361 e. The van der Waals surface area contributed by atoms with Gasteiger partial charge in [-0.2, -0.15) is 0 Å². The molecule has 2 N–H and O–H groups in total. The lowest BCUT2D eigenvalue weighted by molar-refractivity contribution is -0.124. The molecular formula is C24H24F2N4O. The van der Waals surface area contributed by atoms with Crippen LogP contribution in [-0.4, -0.2) is 38.7 Å². The second-order valence-electron chi connectivity index (χ2n) is 8.38. The van der Waals surface area contributed by atoms with Crippen LogP contribution in [-0.2, 0) is 17.8 Å². The number of hydrogen-bond donors (Lipinski definition) is 2. The molecule has 7 heteroatoms. The maximum Gasteiger partial charge on any atom is 0.161 e. The Labute approximate surface area is 178 Å². The van der Waals surface area contributed by atoms with E-state index in [9.17, 15) is 13.6 Å². The lowest BCUT2D eigenvalue weighted by Gasteiger charge is -2.31. The summed E-state index contributed by atoms with van der Waals surface area (Å²) in [6.45, 7) is 2.71. The van der Waals surface area contributed by atoms with Gasteiger partial charge < -0.3 is 9.97 Å². The molecule has 31 heavy (non-hydrogen) atoms. The molecule has 5 rings (SSSR count). The molecule has 0 unspecified atom stereocenters. The van der Waals surface area contributed by atoms with Crippen LogP contribution in [0, 0.1) is 17.6 Å². The molecule has 1 fully saturated rings. The number of nitrogens with zero attached hydrogens (tertiary/aromatic N) is 2. The van der Waals surface area contributed by atoms with E-state index >= 15 is 0 Å². The molecule has 0 amide bonds. The minimum absolute atomic E-state index is 0.0719. The maximum absolute atomic E-state index is 13.4. The molecule has 3 heterocycles. The minimum atomic E-state index is -0.915. The van der Waals surface area contributed by atoms with Crippen molar-refractivity contribution in [1.29, 1.82) is 0 Å². The predicted octanol–water partition coefficient (Wildman–Crippen LogP) is 4.74. The van der Waals surface area contributed by atoms with Crippen molar-refractivity contribution in [2.45, 2.75) is 32.2 Å². The number of aromatic amines is 2. The zero-order chi connectivity index (χ0) is 21.4. The van der Waals surface area contributed by atoms with Gasteiger partial charge >= 0.3 is 0 Å². The van der Waals surface area contributed by atoms with Crippen molar-refractivity contribution in [2.24, 2.45) is 5.92 Å². The quantitative estimate of drug-likeness (QED) is 0.472. The molecule has 0 bridgehead atoms. The standard InChI is InChI=1S/C24H24F2N4O/c25-18-12-21-22(13-19(18)26)29-24(28-21)4-3-23(31)16-6-9-30(10-7-16)14-15-1-2-20-17(11-15)5-8-27-20/h1-2,5,8,11-13,16,27H,3-4,6-7,9-10,14H2,(H,28,29). The van der Waals surface area contributed by atoms with Crippen molar-refractivity contribution in [3.05, 3.63) is 65.6 Å². The molecule has 0 spiro atoms. The average molecular weight is 422 g/mol. The summed E-state index contributed by atoms with van der Waals surface area (Å²) in [5.74, 6) is -0.917. The Morgan fingerprint density at radius 3 is 2.71 bits per heavy atom. The number of ketones is 1. The molecule has 2 aromatic heterocycles. The molecule has 1 saturated heterocycles. The summed E-state index contributed by atoms with van der Waals surface area (Å²) >= 11 is 0. The van der Waals surface area contributed by atoms with Gasteiger partial charge in [0.15, 0.2) is 11.6 Å². The van der Waals surface area contributed by atoms with Crippen molar-refractivity contribution in [3.8, 4) is 0 Å². The molecule has 0 aliphatic carbocycles. The SMILES string of the molecule is O=C(CCc1nc2cc(F)c(F)cc2[nH]1)C1CCN(Cc2ccc3[nH]ccc3c2)CC1. The third-order valence-corrected chi connectivity index (χ3v) is 6.25. The average Bonchev–Trinajstić information content (AvgIpc) is 3.39. The second kappa shape index (κ2) is 8.23. The molecule has 4 aromatic rings. The summed E-state index contributed by atoms with van der Waals surface area (Å²) in [7, 11) is 0. The van der Waals surface area contributed by atoms with Crippen LogP contribution in [0.3, 0.4) is 0 Å². The van der Waals surface area contributed by atoms with Gasteiger partial charge in [-0.25, -0.2) is 13.8 Å². The summed E-state index contributed by atoms with van der Waals surface area (Å²) < 4.78 is 26.7. The fraction of sp³-hybridized carbons (Fsp3) is 0.333. The van der Waals surface area contributed by atoms with Crippen LogP contribution >= 0.6 is 0 Å². The first-order chi connectivity index (χ1) is 15.0. The van der Waals surface area contributed by atoms with Crippen molar-refractivity contribution in [3.63, 3.8) is 0 Å².